The van der Waals surface area contributed by atoms with E-state index in [0.717, 1.165) is 0 Å². The molecule has 0 aromatic heterocycles. The maximum atomic E-state index is 12.2. The predicted molar refractivity (Wildman–Crippen MR) is 43.6 cm³/mol. The molecule has 0 amide bonds. The van der Waals surface area contributed by atoms with E-state index in [1.54, 1.807) is 0 Å². The fraction of sp³-hybridized carbons (Fsp3) is 1.00. The van der Waals surface area contributed by atoms with E-state index in [2.05, 4.69) is 0 Å². The molecule has 0 aliphatic heterocycles. The van der Waals surface area contributed by atoms with Gasteiger partial charge in [0.25, 0.3) is 0 Å². The zero-order chi connectivity index (χ0) is 12.5. The summed E-state index contributed by atoms with van der Waals surface area (Å²) in [6.45, 7) is 0. The first-order chi connectivity index (χ1) is 6.31. The molecule has 12 heteroatoms. The van der Waals surface area contributed by atoms with Gasteiger partial charge >= 0.3 is 30.7 Å². The molecular weight excluding hydrogens is 285 g/mol. The topological polar surface area (TPSA) is 102 Å². The lowest BCUT2D eigenvalue weighted by Gasteiger charge is -2.06. The van der Waals surface area contributed by atoms with E-state index in [1.165, 1.54) is 0 Å². The van der Waals surface area contributed by atoms with Crippen molar-refractivity contribution in [2.45, 2.75) is 5.25 Å². The van der Waals surface area contributed by atoms with E-state index in [-0.39, 0.29) is 0 Å². The Kier molecular flexibility index (Phi) is 4.15. The second-order valence-corrected chi connectivity index (χ2v) is 6.95. The maximum absolute atomic E-state index is 12.2. The molecule has 0 saturated heterocycles. The van der Waals surface area contributed by atoms with Crippen molar-refractivity contribution >= 4 is 30.7 Å². The Hall–Kier alpha value is -0.360. The normalized spacial score (nSPS) is 14.4. The molecule has 0 heterocycles. The molecule has 0 radical (unpaired) electrons. The van der Waals surface area contributed by atoms with Gasteiger partial charge in [-0.1, -0.05) is 0 Å². The quantitative estimate of drug-likeness (QED) is 0.617. The van der Waals surface area contributed by atoms with Crippen LogP contribution in [0, 0.1) is 0 Å². The molecule has 0 aromatic rings. The molecule has 0 bridgehead atoms. The number of rotatable bonds is 5. The second kappa shape index (κ2) is 4.25. The fourth-order valence-electron chi connectivity index (χ4n) is 0.655. The van der Waals surface area contributed by atoms with Gasteiger partial charge in [-0.05, 0) is 0 Å². The second-order valence-electron chi connectivity index (χ2n) is 2.51. The highest BCUT2D eigenvalue weighted by Gasteiger charge is 2.35. The van der Waals surface area contributed by atoms with Crippen LogP contribution in [0.15, 0.2) is 0 Å². The van der Waals surface area contributed by atoms with Crippen LogP contribution < -0.4 is 0 Å². The summed E-state index contributed by atoms with van der Waals surface area (Å²) in [6, 6.07) is 0. The standard InChI is InChI=1S/C3H5F3O6S3/c4-13(7,8)1-3(15(6,11)12)2-14(5,9)10/h3H,1-2H2. The molecule has 0 aliphatic rings. The van der Waals surface area contributed by atoms with Crippen LogP contribution in [0.2, 0.25) is 0 Å². The average Bonchev–Trinajstić information content (AvgIpc) is 1.75. The molecule has 0 fully saturated rings. The lowest BCUT2D eigenvalue weighted by Crippen LogP contribution is -2.31. The molecular formula is C3H5F3O6S3. The van der Waals surface area contributed by atoms with Crippen LogP contribution in [0.1, 0.15) is 0 Å². The smallest absolute Gasteiger partial charge is 0.195 e. The largest absolute Gasteiger partial charge is 0.307 e. The summed E-state index contributed by atoms with van der Waals surface area (Å²) in [5.41, 5.74) is 0. The minimum Gasteiger partial charge on any atom is -0.195 e. The summed E-state index contributed by atoms with van der Waals surface area (Å²) >= 11 is 0. The SMILES string of the molecule is O=S(=O)(F)CC(CS(=O)(=O)F)S(=O)(=O)F. The van der Waals surface area contributed by atoms with Gasteiger partial charge in [0.1, 0.15) is 16.8 Å². The Bertz CT molecular complexity index is 481. The van der Waals surface area contributed by atoms with Crippen LogP contribution in [-0.2, 0) is 30.7 Å². The monoisotopic (exact) mass is 290 g/mol. The zero-order valence-corrected chi connectivity index (χ0v) is 9.25. The van der Waals surface area contributed by atoms with E-state index in [0.29, 0.717) is 0 Å². The van der Waals surface area contributed by atoms with Gasteiger partial charge < -0.3 is 0 Å². The van der Waals surface area contributed by atoms with Gasteiger partial charge in [0.15, 0.2) is 0 Å². The molecule has 92 valence electrons. The number of hydrogen-bond acceptors (Lipinski definition) is 6. The van der Waals surface area contributed by atoms with Crippen molar-refractivity contribution in [3.63, 3.8) is 0 Å². The summed E-state index contributed by atoms with van der Waals surface area (Å²) in [4.78, 5) is 0. The van der Waals surface area contributed by atoms with E-state index < -0.39 is 47.4 Å². The molecule has 0 unspecified atom stereocenters. The molecule has 0 spiro atoms. The van der Waals surface area contributed by atoms with Crippen LogP contribution in [-0.4, -0.2) is 42.0 Å². The molecule has 0 rings (SSSR count). The van der Waals surface area contributed by atoms with Crippen LogP contribution in [0.4, 0.5) is 11.7 Å². The van der Waals surface area contributed by atoms with Crippen molar-refractivity contribution in [3.05, 3.63) is 0 Å². The lowest BCUT2D eigenvalue weighted by atomic mass is 10.6. The summed E-state index contributed by atoms with van der Waals surface area (Å²) in [6.07, 6.45) is 0. The van der Waals surface area contributed by atoms with Crippen LogP contribution in [0.5, 0.6) is 0 Å². The van der Waals surface area contributed by atoms with E-state index in [9.17, 15) is 36.9 Å². The first kappa shape index (κ1) is 14.6. The Morgan fingerprint density at radius 1 is 0.733 bits per heavy atom. The third kappa shape index (κ3) is 7.56. The third-order valence-electron chi connectivity index (χ3n) is 1.17. The van der Waals surface area contributed by atoms with Crippen LogP contribution >= 0.6 is 0 Å². The van der Waals surface area contributed by atoms with Gasteiger partial charge in [0.2, 0.25) is 0 Å². The molecule has 0 aromatic carbocycles. The van der Waals surface area contributed by atoms with Crippen molar-refractivity contribution in [2.24, 2.45) is 0 Å². The summed E-state index contributed by atoms with van der Waals surface area (Å²) < 4.78 is 96.3. The molecule has 0 saturated carbocycles. The summed E-state index contributed by atoms with van der Waals surface area (Å²) in [5, 5.41) is -2.80. The highest BCUT2D eigenvalue weighted by molar-refractivity contribution is 7.92. The highest BCUT2D eigenvalue weighted by Crippen LogP contribution is 2.12. The third-order valence-corrected chi connectivity index (χ3v) is 4.32. The maximum Gasteiger partial charge on any atom is 0.307 e. The zero-order valence-electron chi connectivity index (χ0n) is 6.80. The van der Waals surface area contributed by atoms with Crippen molar-refractivity contribution in [2.75, 3.05) is 11.5 Å². The van der Waals surface area contributed by atoms with Gasteiger partial charge in [-0.3, -0.25) is 0 Å². The van der Waals surface area contributed by atoms with Gasteiger partial charge in [-0.25, -0.2) is 0 Å². The predicted octanol–water partition coefficient (Wildman–Crippen LogP) is -0.747. The van der Waals surface area contributed by atoms with E-state index in [1.807, 2.05) is 0 Å². The van der Waals surface area contributed by atoms with E-state index >= 15 is 0 Å². The van der Waals surface area contributed by atoms with Crippen LogP contribution in [0.25, 0.3) is 0 Å². The van der Waals surface area contributed by atoms with Crippen LogP contribution in [0.3, 0.4) is 0 Å². The fourth-order valence-corrected chi connectivity index (χ4v) is 4.20. The van der Waals surface area contributed by atoms with Crippen molar-refractivity contribution in [3.8, 4) is 0 Å². The molecule has 0 atom stereocenters. The Morgan fingerprint density at radius 2 is 1.00 bits per heavy atom. The Balaban J connectivity index is 5.12. The first-order valence-electron chi connectivity index (χ1n) is 3.09. The molecule has 0 N–H and O–H groups in total. The Labute approximate surface area is 84.7 Å². The Morgan fingerprint density at radius 3 is 1.13 bits per heavy atom. The lowest BCUT2D eigenvalue weighted by molar-refractivity contribution is 0.521. The molecule has 15 heavy (non-hydrogen) atoms. The van der Waals surface area contributed by atoms with Gasteiger partial charge in [-0.15, -0.1) is 11.7 Å². The van der Waals surface area contributed by atoms with Crippen molar-refractivity contribution in [1.29, 1.82) is 0 Å². The summed E-state index contributed by atoms with van der Waals surface area (Å²) in [7, 11) is -16.5. The van der Waals surface area contributed by atoms with Gasteiger partial charge in [0.05, 0.1) is 0 Å². The highest BCUT2D eigenvalue weighted by atomic mass is 32.3. The summed E-state index contributed by atoms with van der Waals surface area (Å²) in [5.74, 6) is -3.90. The minimum absolute atomic E-state index is 1.95. The molecule has 6 nitrogen and oxygen atoms in total. The van der Waals surface area contributed by atoms with Crippen molar-refractivity contribution < 1.29 is 36.9 Å². The number of halogens is 3. The first-order valence-corrected chi connectivity index (χ1v) is 7.64. The van der Waals surface area contributed by atoms with Gasteiger partial charge in [-0.2, -0.15) is 25.3 Å². The minimum atomic E-state index is -5.67. The van der Waals surface area contributed by atoms with E-state index in [4.69, 9.17) is 0 Å². The van der Waals surface area contributed by atoms with Crippen molar-refractivity contribution in [1.82, 2.24) is 0 Å². The molecule has 0 aliphatic carbocycles. The number of hydrogen-bond donors (Lipinski definition) is 0. The van der Waals surface area contributed by atoms with Gasteiger partial charge in [0, 0.05) is 0 Å². The average molecular weight is 290 g/mol.